The van der Waals surface area contributed by atoms with Crippen LogP contribution in [0.15, 0.2) is 28.7 Å². The molecule has 0 fully saturated rings. The van der Waals surface area contributed by atoms with Crippen LogP contribution in [-0.2, 0) is 6.42 Å². The maximum absolute atomic E-state index is 9.02. The molecule has 0 aliphatic rings. The second-order valence-electron chi connectivity index (χ2n) is 3.62. The van der Waals surface area contributed by atoms with E-state index >= 15 is 0 Å². The number of hydrogen-bond acceptors (Lipinski definition) is 3. The summed E-state index contributed by atoms with van der Waals surface area (Å²) < 4.78 is 1.05. The van der Waals surface area contributed by atoms with E-state index in [0.717, 1.165) is 26.9 Å². The molecule has 1 heterocycles. The molecular formula is C13H11BrN2S. The molecular weight excluding hydrogens is 296 g/mol. The Kier molecular flexibility index (Phi) is 3.51. The number of rotatable bonds is 2. The molecule has 0 amide bonds. The topological polar surface area (TPSA) is 49.8 Å². The van der Waals surface area contributed by atoms with Gasteiger partial charge >= 0.3 is 0 Å². The minimum absolute atomic E-state index is 0.611. The standard InChI is InChI=1S/C13H11BrN2S/c1-2-10-12(16)11(7-15)17-13(10)8-3-5-9(14)6-4-8/h3-6H,2,16H2,1H3. The van der Waals surface area contributed by atoms with Crippen molar-refractivity contribution in [1.29, 1.82) is 5.26 Å². The molecule has 0 spiro atoms. The van der Waals surface area contributed by atoms with E-state index in [0.29, 0.717) is 10.6 Å². The fraction of sp³-hybridized carbons (Fsp3) is 0.154. The van der Waals surface area contributed by atoms with Crippen molar-refractivity contribution in [1.82, 2.24) is 0 Å². The Morgan fingerprint density at radius 3 is 2.53 bits per heavy atom. The summed E-state index contributed by atoms with van der Waals surface area (Å²) in [5.74, 6) is 0. The zero-order valence-corrected chi connectivity index (χ0v) is 11.7. The highest BCUT2D eigenvalue weighted by molar-refractivity contribution is 9.10. The third-order valence-electron chi connectivity index (χ3n) is 2.61. The first-order valence-corrected chi connectivity index (χ1v) is 6.85. The fourth-order valence-corrected chi connectivity index (χ4v) is 3.13. The van der Waals surface area contributed by atoms with Gasteiger partial charge in [-0.3, -0.25) is 0 Å². The summed E-state index contributed by atoms with van der Waals surface area (Å²) in [5.41, 5.74) is 8.80. The van der Waals surface area contributed by atoms with Gasteiger partial charge in [-0.25, -0.2) is 0 Å². The first kappa shape index (κ1) is 12.2. The summed E-state index contributed by atoms with van der Waals surface area (Å²) in [6, 6.07) is 10.2. The molecule has 17 heavy (non-hydrogen) atoms. The van der Waals surface area contributed by atoms with E-state index in [2.05, 4.69) is 28.9 Å². The lowest BCUT2D eigenvalue weighted by atomic mass is 10.1. The minimum atomic E-state index is 0.611. The Balaban J connectivity index is 2.59. The highest BCUT2D eigenvalue weighted by Gasteiger charge is 2.15. The van der Waals surface area contributed by atoms with Gasteiger partial charge in [0, 0.05) is 9.35 Å². The number of hydrogen-bond donors (Lipinski definition) is 1. The molecule has 0 atom stereocenters. The number of nitrogens with two attached hydrogens (primary N) is 1. The molecule has 0 unspecified atom stereocenters. The number of nitrogen functional groups attached to an aromatic ring is 1. The van der Waals surface area contributed by atoms with Crippen molar-refractivity contribution in [3.63, 3.8) is 0 Å². The van der Waals surface area contributed by atoms with Crippen LogP contribution in [0.4, 0.5) is 5.69 Å². The van der Waals surface area contributed by atoms with Crippen molar-refractivity contribution >= 4 is 33.0 Å². The third-order valence-corrected chi connectivity index (χ3v) is 4.34. The molecule has 2 rings (SSSR count). The van der Waals surface area contributed by atoms with Gasteiger partial charge < -0.3 is 5.73 Å². The predicted molar refractivity (Wildman–Crippen MR) is 76.0 cm³/mol. The molecule has 0 radical (unpaired) electrons. The highest BCUT2D eigenvalue weighted by atomic mass is 79.9. The van der Waals surface area contributed by atoms with Gasteiger partial charge in [0.25, 0.3) is 0 Å². The summed E-state index contributed by atoms with van der Waals surface area (Å²) in [6.45, 7) is 2.06. The molecule has 1 aromatic carbocycles. The fourth-order valence-electron chi connectivity index (χ4n) is 1.75. The first-order chi connectivity index (χ1) is 8.17. The molecule has 2 aromatic rings. The molecule has 2 N–H and O–H groups in total. The molecule has 1 aromatic heterocycles. The van der Waals surface area contributed by atoms with Gasteiger partial charge in [0.1, 0.15) is 10.9 Å². The van der Waals surface area contributed by atoms with Crippen molar-refractivity contribution in [2.45, 2.75) is 13.3 Å². The van der Waals surface area contributed by atoms with Crippen molar-refractivity contribution in [3.8, 4) is 16.5 Å². The van der Waals surface area contributed by atoms with E-state index in [1.54, 1.807) is 0 Å². The lowest BCUT2D eigenvalue weighted by molar-refractivity contribution is 1.16. The van der Waals surface area contributed by atoms with Gasteiger partial charge in [-0.2, -0.15) is 5.26 Å². The summed E-state index contributed by atoms with van der Waals surface area (Å²) in [4.78, 5) is 1.72. The van der Waals surface area contributed by atoms with Crippen LogP contribution in [-0.4, -0.2) is 0 Å². The lowest BCUT2D eigenvalue weighted by Gasteiger charge is -2.02. The number of nitrogens with zero attached hydrogens (tertiary/aromatic N) is 1. The molecule has 0 bridgehead atoms. The number of thiophene rings is 1. The van der Waals surface area contributed by atoms with Crippen LogP contribution in [0.1, 0.15) is 17.4 Å². The Labute approximate surface area is 113 Å². The Hall–Kier alpha value is -1.31. The maximum atomic E-state index is 9.02. The monoisotopic (exact) mass is 306 g/mol. The Morgan fingerprint density at radius 1 is 1.35 bits per heavy atom. The Morgan fingerprint density at radius 2 is 2.00 bits per heavy atom. The second-order valence-corrected chi connectivity index (χ2v) is 5.56. The van der Waals surface area contributed by atoms with Crippen molar-refractivity contribution in [2.24, 2.45) is 0 Å². The van der Waals surface area contributed by atoms with E-state index in [4.69, 9.17) is 11.0 Å². The number of benzene rings is 1. The molecule has 0 saturated heterocycles. The van der Waals surface area contributed by atoms with Crippen molar-refractivity contribution < 1.29 is 0 Å². The normalized spacial score (nSPS) is 10.2. The highest BCUT2D eigenvalue weighted by Crippen LogP contribution is 2.38. The summed E-state index contributed by atoms with van der Waals surface area (Å²) in [5, 5.41) is 9.02. The van der Waals surface area contributed by atoms with Crippen molar-refractivity contribution in [3.05, 3.63) is 39.2 Å². The average molecular weight is 307 g/mol. The first-order valence-electron chi connectivity index (χ1n) is 5.24. The van der Waals surface area contributed by atoms with E-state index in [-0.39, 0.29) is 0 Å². The van der Waals surface area contributed by atoms with Crippen LogP contribution >= 0.6 is 27.3 Å². The second kappa shape index (κ2) is 4.91. The molecule has 0 aliphatic heterocycles. The van der Waals surface area contributed by atoms with E-state index < -0.39 is 0 Å². The van der Waals surface area contributed by atoms with Crippen LogP contribution in [0.3, 0.4) is 0 Å². The lowest BCUT2D eigenvalue weighted by Crippen LogP contribution is -1.91. The third kappa shape index (κ3) is 2.21. The van der Waals surface area contributed by atoms with E-state index in [1.165, 1.54) is 11.3 Å². The number of anilines is 1. The van der Waals surface area contributed by atoms with Gasteiger partial charge in [0.15, 0.2) is 0 Å². The van der Waals surface area contributed by atoms with Gasteiger partial charge in [-0.05, 0) is 29.7 Å². The van der Waals surface area contributed by atoms with Crippen LogP contribution in [0.25, 0.3) is 10.4 Å². The summed E-state index contributed by atoms with van der Waals surface area (Å²) in [7, 11) is 0. The quantitative estimate of drug-likeness (QED) is 0.904. The van der Waals surface area contributed by atoms with Gasteiger partial charge in [0.2, 0.25) is 0 Å². The average Bonchev–Trinajstić information content (AvgIpc) is 2.66. The molecule has 2 nitrogen and oxygen atoms in total. The van der Waals surface area contributed by atoms with Gasteiger partial charge in [0.05, 0.1) is 5.69 Å². The SMILES string of the molecule is CCc1c(-c2ccc(Br)cc2)sc(C#N)c1N. The summed E-state index contributed by atoms with van der Waals surface area (Å²) in [6.07, 6.45) is 0.843. The van der Waals surface area contributed by atoms with Crippen LogP contribution in [0.2, 0.25) is 0 Å². The zero-order chi connectivity index (χ0) is 12.4. The predicted octanol–water partition coefficient (Wildman–Crippen LogP) is 4.19. The van der Waals surface area contributed by atoms with Crippen molar-refractivity contribution in [2.75, 3.05) is 5.73 Å². The Bertz CT molecular complexity index is 579. The number of halogens is 1. The number of nitriles is 1. The minimum Gasteiger partial charge on any atom is -0.397 e. The van der Waals surface area contributed by atoms with Crippen LogP contribution in [0.5, 0.6) is 0 Å². The molecule has 0 aliphatic carbocycles. The smallest absolute Gasteiger partial charge is 0.128 e. The zero-order valence-electron chi connectivity index (χ0n) is 9.33. The summed E-state index contributed by atoms with van der Waals surface area (Å²) >= 11 is 4.88. The van der Waals surface area contributed by atoms with Gasteiger partial charge in [-0.1, -0.05) is 35.0 Å². The van der Waals surface area contributed by atoms with E-state index in [9.17, 15) is 0 Å². The molecule has 0 saturated carbocycles. The van der Waals surface area contributed by atoms with Crippen LogP contribution < -0.4 is 5.73 Å². The maximum Gasteiger partial charge on any atom is 0.128 e. The van der Waals surface area contributed by atoms with Crippen LogP contribution in [0, 0.1) is 11.3 Å². The molecule has 4 heteroatoms. The largest absolute Gasteiger partial charge is 0.397 e. The van der Waals surface area contributed by atoms with Gasteiger partial charge in [-0.15, -0.1) is 11.3 Å². The van der Waals surface area contributed by atoms with E-state index in [1.807, 2.05) is 24.3 Å². The molecule has 86 valence electrons.